The molecule has 0 fully saturated rings. The number of fused-ring (bicyclic) bond motifs is 1. The maximum absolute atomic E-state index is 12.6. The zero-order valence-corrected chi connectivity index (χ0v) is 19.9. The molecule has 2 rings (SSSR count). The lowest BCUT2D eigenvalue weighted by molar-refractivity contribution is -0.117. The van der Waals surface area contributed by atoms with Crippen LogP contribution in [0.15, 0.2) is 29.3 Å². The second kappa shape index (κ2) is 11.8. The number of guanidine groups is 1. The van der Waals surface area contributed by atoms with Gasteiger partial charge in [0.25, 0.3) is 0 Å². The molecule has 3 N–H and O–H groups in total. The van der Waals surface area contributed by atoms with Gasteiger partial charge in [-0.1, -0.05) is 18.2 Å². The summed E-state index contributed by atoms with van der Waals surface area (Å²) in [5.74, 6) is 0.503. The van der Waals surface area contributed by atoms with E-state index < -0.39 is 11.7 Å². The fourth-order valence-electron chi connectivity index (χ4n) is 2.83. The van der Waals surface area contributed by atoms with Crippen LogP contribution in [0.1, 0.15) is 33.3 Å². The smallest absolute Gasteiger partial charge is 0.407 e. The van der Waals surface area contributed by atoms with E-state index in [1.165, 1.54) is 5.56 Å². The number of aliphatic imine (C=N–C) groups is 1. The van der Waals surface area contributed by atoms with E-state index >= 15 is 0 Å². The SMILES string of the molecule is CCNC(=NCC(=O)N1CCc2ccccc21)NCCNC(=O)OC(C)(C)C.I. The first kappa shape index (κ1) is 25.0. The fraction of sp³-hybridized carbons (Fsp3) is 0.550. The van der Waals surface area contributed by atoms with Crippen molar-refractivity contribution < 1.29 is 14.3 Å². The van der Waals surface area contributed by atoms with Crippen molar-refractivity contribution in [2.75, 3.05) is 37.6 Å². The molecule has 0 saturated heterocycles. The third kappa shape index (κ3) is 8.46. The van der Waals surface area contributed by atoms with Gasteiger partial charge < -0.3 is 25.6 Å². The predicted molar refractivity (Wildman–Crippen MR) is 126 cm³/mol. The van der Waals surface area contributed by atoms with Gasteiger partial charge in [-0.15, -0.1) is 24.0 Å². The van der Waals surface area contributed by atoms with E-state index in [1.54, 1.807) is 4.90 Å². The molecular weight excluding hydrogens is 485 g/mol. The summed E-state index contributed by atoms with van der Waals surface area (Å²) in [6.45, 7) is 9.67. The Morgan fingerprint density at radius 1 is 1.14 bits per heavy atom. The van der Waals surface area contributed by atoms with Crippen molar-refractivity contribution >= 4 is 47.6 Å². The molecule has 0 aliphatic carbocycles. The van der Waals surface area contributed by atoms with Crippen molar-refractivity contribution in [2.45, 2.75) is 39.7 Å². The van der Waals surface area contributed by atoms with Gasteiger partial charge in [-0.2, -0.15) is 0 Å². The summed E-state index contributed by atoms with van der Waals surface area (Å²) in [7, 11) is 0. The van der Waals surface area contributed by atoms with E-state index in [2.05, 4.69) is 27.0 Å². The fourth-order valence-corrected chi connectivity index (χ4v) is 2.83. The Morgan fingerprint density at radius 3 is 2.52 bits per heavy atom. The summed E-state index contributed by atoms with van der Waals surface area (Å²) in [5.41, 5.74) is 1.64. The van der Waals surface area contributed by atoms with Crippen LogP contribution in [0.3, 0.4) is 0 Å². The second-order valence-electron chi connectivity index (χ2n) is 7.47. The lowest BCUT2D eigenvalue weighted by Gasteiger charge is -2.20. The minimum absolute atomic E-state index is 0. The van der Waals surface area contributed by atoms with Crippen molar-refractivity contribution in [1.29, 1.82) is 0 Å². The number of halogens is 1. The van der Waals surface area contributed by atoms with E-state index in [-0.39, 0.29) is 36.4 Å². The Bertz CT molecular complexity index is 718. The third-order valence-electron chi connectivity index (χ3n) is 3.99. The van der Waals surface area contributed by atoms with Crippen LogP contribution >= 0.6 is 24.0 Å². The van der Waals surface area contributed by atoms with E-state index in [9.17, 15) is 9.59 Å². The van der Waals surface area contributed by atoms with Crippen LogP contribution in [0.2, 0.25) is 0 Å². The quantitative estimate of drug-likeness (QED) is 0.233. The molecule has 0 saturated carbocycles. The number of hydrogen-bond acceptors (Lipinski definition) is 4. The summed E-state index contributed by atoms with van der Waals surface area (Å²) in [6, 6.07) is 7.95. The van der Waals surface area contributed by atoms with Crippen molar-refractivity contribution in [1.82, 2.24) is 16.0 Å². The summed E-state index contributed by atoms with van der Waals surface area (Å²) >= 11 is 0. The molecule has 0 atom stereocenters. The van der Waals surface area contributed by atoms with Crippen LogP contribution in [0.25, 0.3) is 0 Å². The van der Waals surface area contributed by atoms with E-state index in [1.807, 2.05) is 45.9 Å². The van der Waals surface area contributed by atoms with Gasteiger partial charge in [0.2, 0.25) is 5.91 Å². The van der Waals surface area contributed by atoms with Gasteiger partial charge in [-0.3, -0.25) is 4.79 Å². The molecule has 29 heavy (non-hydrogen) atoms. The largest absolute Gasteiger partial charge is 0.444 e. The average Bonchev–Trinajstić information content (AvgIpc) is 3.05. The van der Waals surface area contributed by atoms with Crippen LogP contribution in [0.4, 0.5) is 10.5 Å². The number of amides is 2. The van der Waals surface area contributed by atoms with E-state index in [4.69, 9.17) is 4.74 Å². The molecule has 0 spiro atoms. The molecule has 1 heterocycles. The van der Waals surface area contributed by atoms with Gasteiger partial charge in [0.15, 0.2) is 5.96 Å². The van der Waals surface area contributed by atoms with Crippen LogP contribution in [0.5, 0.6) is 0 Å². The molecule has 1 aliphatic heterocycles. The van der Waals surface area contributed by atoms with Gasteiger partial charge in [0, 0.05) is 31.9 Å². The van der Waals surface area contributed by atoms with Crippen molar-refractivity contribution in [3.63, 3.8) is 0 Å². The lowest BCUT2D eigenvalue weighted by atomic mass is 10.2. The number of carbonyl (C=O) groups is 2. The monoisotopic (exact) mass is 517 g/mol. The van der Waals surface area contributed by atoms with Gasteiger partial charge in [0.05, 0.1) is 0 Å². The number of rotatable bonds is 6. The van der Waals surface area contributed by atoms with Crippen molar-refractivity contribution in [3.05, 3.63) is 29.8 Å². The summed E-state index contributed by atoms with van der Waals surface area (Å²) in [4.78, 5) is 30.3. The van der Waals surface area contributed by atoms with Crippen LogP contribution in [-0.2, 0) is 16.0 Å². The zero-order chi connectivity index (χ0) is 20.6. The minimum Gasteiger partial charge on any atom is -0.444 e. The maximum Gasteiger partial charge on any atom is 0.407 e. The number of hydrogen-bond donors (Lipinski definition) is 3. The summed E-state index contributed by atoms with van der Waals surface area (Å²) in [6.07, 6.45) is 0.416. The molecule has 0 aromatic heterocycles. The van der Waals surface area contributed by atoms with Gasteiger partial charge >= 0.3 is 6.09 Å². The number of ether oxygens (including phenoxy) is 1. The van der Waals surface area contributed by atoms with E-state index in [0.717, 1.165) is 12.1 Å². The first-order valence-corrected chi connectivity index (χ1v) is 9.67. The van der Waals surface area contributed by atoms with Gasteiger partial charge in [0.1, 0.15) is 12.1 Å². The first-order chi connectivity index (χ1) is 13.3. The number of nitrogens with one attached hydrogen (secondary N) is 3. The zero-order valence-electron chi connectivity index (χ0n) is 17.6. The third-order valence-corrected chi connectivity index (χ3v) is 3.99. The molecule has 2 amide bonds. The molecule has 8 nitrogen and oxygen atoms in total. The highest BCUT2D eigenvalue weighted by Crippen LogP contribution is 2.27. The number of nitrogens with zero attached hydrogens (tertiary/aromatic N) is 2. The number of carbonyl (C=O) groups excluding carboxylic acids is 2. The Kier molecular flexibility index (Phi) is 10.2. The maximum atomic E-state index is 12.6. The number of alkyl carbamates (subject to hydrolysis) is 1. The van der Waals surface area contributed by atoms with Gasteiger partial charge in [-0.05, 0) is 45.7 Å². The van der Waals surface area contributed by atoms with Crippen molar-refractivity contribution in [3.8, 4) is 0 Å². The van der Waals surface area contributed by atoms with Crippen molar-refractivity contribution in [2.24, 2.45) is 4.99 Å². The van der Waals surface area contributed by atoms with Crippen LogP contribution in [0, 0.1) is 0 Å². The molecule has 0 radical (unpaired) electrons. The number of anilines is 1. The minimum atomic E-state index is -0.525. The molecular formula is C20H32IN5O3. The first-order valence-electron chi connectivity index (χ1n) is 9.67. The Labute approximate surface area is 189 Å². The average molecular weight is 517 g/mol. The van der Waals surface area contributed by atoms with Crippen LogP contribution < -0.4 is 20.9 Å². The predicted octanol–water partition coefficient (Wildman–Crippen LogP) is 2.27. The standard InChI is InChI=1S/C20H31N5O3.HI/c1-5-21-18(22-11-12-23-19(27)28-20(2,3)4)24-14-17(26)25-13-10-15-8-6-7-9-16(15)25;/h6-9H,5,10-14H2,1-4H3,(H,23,27)(H2,21,22,24);1H. The molecule has 0 unspecified atom stereocenters. The second-order valence-corrected chi connectivity index (χ2v) is 7.47. The Hall–Kier alpha value is -2.04. The molecule has 1 aromatic rings. The highest BCUT2D eigenvalue weighted by atomic mass is 127. The highest BCUT2D eigenvalue weighted by molar-refractivity contribution is 14.0. The Balaban J connectivity index is 0.00000420. The highest BCUT2D eigenvalue weighted by Gasteiger charge is 2.23. The molecule has 1 aliphatic rings. The summed E-state index contributed by atoms with van der Waals surface area (Å²) < 4.78 is 5.18. The lowest BCUT2D eigenvalue weighted by Crippen LogP contribution is -2.43. The topological polar surface area (TPSA) is 95.1 Å². The molecule has 162 valence electrons. The normalized spacial score (nSPS) is 13.2. The molecule has 1 aromatic carbocycles. The summed E-state index contributed by atoms with van der Waals surface area (Å²) in [5, 5.41) is 8.88. The number of benzene rings is 1. The van der Waals surface area contributed by atoms with Gasteiger partial charge in [-0.25, -0.2) is 9.79 Å². The van der Waals surface area contributed by atoms with E-state index in [0.29, 0.717) is 32.1 Å². The molecule has 9 heteroatoms. The number of para-hydroxylation sites is 1. The Morgan fingerprint density at radius 2 is 1.83 bits per heavy atom. The molecule has 0 bridgehead atoms. The van der Waals surface area contributed by atoms with Crippen LogP contribution in [-0.4, -0.2) is 56.3 Å².